The fourth-order valence-corrected chi connectivity index (χ4v) is 3.91. The molecule has 0 aliphatic heterocycles. The molecule has 0 saturated heterocycles. The predicted molar refractivity (Wildman–Crippen MR) is 80.2 cm³/mol. The molecule has 1 N–H and O–H groups in total. The minimum absolute atomic E-state index is 0.196. The fraction of sp³-hybridized carbons (Fsp3) is 0.625. The molecule has 1 aromatic carbocycles. The summed E-state index contributed by atoms with van der Waals surface area (Å²) in [4.78, 5) is 0. The Morgan fingerprint density at radius 1 is 1.22 bits per heavy atom. The minimum Gasteiger partial charge on any atom is -0.392 e. The van der Waals surface area contributed by atoms with Crippen LogP contribution in [0.2, 0.25) is 0 Å². The highest BCUT2D eigenvalue weighted by atomic mass is 32.2. The highest BCUT2D eigenvalue weighted by Gasteiger charge is 2.16. The summed E-state index contributed by atoms with van der Waals surface area (Å²) in [7, 11) is 0. The standard InChI is InChI=1S/C16H24OS/c1-13-7-5-6-8-14(13)11-15(17)12-18-16-9-3-2-4-10-16/h5-8,15-17H,2-4,9-12H2,1H3. The van der Waals surface area contributed by atoms with Crippen LogP contribution in [0.15, 0.2) is 24.3 Å². The van der Waals surface area contributed by atoms with Gasteiger partial charge in [0.15, 0.2) is 0 Å². The quantitative estimate of drug-likeness (QED) is 0.868. The van der Waals surface area contributed by atoms with Gasteiger partial charge in [-0.1, -0.05) is 43.5 Å². The van der Waals surface area contributed by atoms with Gasteiger partial charge in [-0.05, 0) is 37.3 Å². The Bertz CT molecular complexity index is 358. The zero-order valence-corrected chi connectivity index (χ0v) is 12.1. The third-order valence-electron chi connectivity index (χ3n) is 3.79. The Balaban J connectivity index is 1.74. The Morgan fingerprint density at radius 2 is 1.94 bits per heavy atom. The number of aryl methyl sites for hydroxylation is 1. The van der Waals surface area contributed by atoms with E-state index in [0.29, 0.717) is 0 Å². The molecule has 100 valence electrons. The van der Waals surface area contributed by atoms with Gasteiger partial charge in [-0.2, -0.15) is 11.8 Å². The van der Waals surface area contributed by atoms with E-state index in [1.807, 2.05) is 11.8 Å². The van der Waals surface area contributed by atoms with Gasteiger partial charge in [-0.3, -0.25) is 0 Å². The predicted octanol–water partition coefficient (Wildman–Crippen LogP) is 3.96. The molecule has 0 heterocycles. The van der Waals surface area contributed by atoms with Gasteiger partial charge in [0.2, 0.25) is 0 Å². The fourth-order valence-electron chi connectivity index (χ4n) is 2.63. The van der Waals surface area contributed by atoms with E-state index < -0.39 is 0 Å². The second-order valence-electron chi connectivity index (χ2n) is 5.38. The van der Waals surface area contributed by atoms with E-state index >= 15 is 0 Å². The Morgan fingerprint density at radius 3 is 2.67 bits per heavy atom. The van der Waals surface area contributed by atoms with Gasteiger partial charge in [-0.15, -0.1) is 0 Å². The molecule has 0 radical (unpaired) electrons. The first kappa shape index (κ1) is 14.0. The molecule has 0 amide bonds. The normalized spacial score (nSPS) is 18.8. The van der Waals surface area contributed by atoms with Gasteiger partial charge in [-0.25, -0.2) is 0 Å². The molecule has 1 aliphatic rings. The van der Waals surface area contributed by atoms with Crippen molar-refractivity contribution in [2.24, 2.45) is 0 Å². The number of aliphatic hydroxyl groups excluding tert-OH is 1. The Labute approximate surface area is 115 Å². The molecule has 1 unspecified atom stereocenters. The van der Waals surface area contributed by atoms with Crippen LogP contribution in [0, 0.1) is 6.92 Å². The van der Waals surface area contributed by atoms with E-state index in [1.54, 1.807) is 0 Å². The number of benzene rings is 1. The van der Waals surface area contributed by atoms with E-state index in [2.05, 4.69) is 31.2 Å². The van der Waals surface area contributed by atoms with Crippen LogP contribution in [-0.4, -0.2) is 22.2 Å². The summed E-state index contributed by atoms with van der Waals surface area (Å²) >= 11 is 1.98. The van der Waals surface area contributed by atoms with Gasteiger partial charge in [0.1, 0.15) is 0 Å². The van der Waals surface area contributed by atoms with Gasteiger partial charge in [0.25, 0.3) is 0 Å². The number of rotatable bonds is 5. The van der Waals surface area contributed by atoms with Crippen molar-refractivity contribution in [3.63, 3.8) is 0 Å². The smallest absolute Gasteiger partial charge is 0.0671 e. The molecule has 1 aliphatic carbocycles. The van der Waals surface area contributed by atoms with Crippen LogP contribution in [0.25, 0.3) is 0 Å². The van der Waals surface area contributed by atoms with Crippen molar-refractivity contribution in [3.05, 3.63) is 35.4 Å². The molecule has 1 atom stereocenters. The van der Waals surface area contributed by atoms with Crippen LogP contribution < -0.4 is 0 Å². The maximum Gasteiger partial charge on any atom is 0.0671 e. The summed E-state index contributed by atoms with van der Waals surface area (Å²) in [6.45, 7) is 2.12. The van der Waals surface area contributed by atoms with Gasteiger partial charge in [0, 0.05) is 11.0 Å². The average molecular weight is 264 g/mol. The van der Waals surface area contributed by atoms with Gasteiger partial charge < -0.3 is 5.11 Å². The molecule has 0 aromatic heterocycles. The number of hydrogen-bond acceptors (Lipinski definition) is 2. The summed E-state index contributed by atoms with van der Waals surface area (Å²) in [5.74, 6) is 0.888. The van der Waals surface area contributed by atoms with Crippen molar-refractivity contribution in [2.75, 3.05) is 5.75 Å². The lowest BCUT2D eigenvalue weighted by atomic mass is 10.0. The highest BCUT2D eigenvalue weighted by Crippen LogP contribution is 2.28. The molecule has 0 bridgehead atoms. The third-order valence-corrected chi connectivity index (χ3v) is 5.31. The summed E-state index contributed by atoms with van der Waals surface area (Å²) < 4.78 is 0. The average Bonchev–Trinajstić information content (AvgIpc) is 2.40. The first-order valence-electron chi connectivity index (χ1n) is 7.10. The van der Waals surface area contributed by atoms with Crippen molar-refractivity contribution in [3.8, 4) is 0 Å². The molecular formula is C16H24OS. The van der Waals surface area contributed by atoms with E-state index in [0.717, 1.165) is 17.4 Å². The molecule has 0 spiro atoms. The number of aliphatic hydroxyl groups is 1. The lowest BCUT2D eigenvalue weighted by molar-refractivity contribution is 0.199. The van der Waals surface area contributed by atoms with Crippen molar-refractivity contribution in [1.82, 2.24) is 0 Å². The summed E-state index contributed by atoms with van der Waals surface area (Å²) in [6.07, 6.45) is 7.47. The molecule has 1 saturated carbocycles. The maximum absolute atomic E-state index is 10.1. The SMILES string of the molecule is Cc1ccccc1CC(O)CSC1CCCCC1. The molecular weight excluding hydrogens is 240 g/mol. The largest absolute Gasteiger partial charge is 0.392 e. The van der Waals surface area contributed by atoms with Crippen LogP contribution >= 0.6 is 11.8 Å². The molecule has 1 fully saturated rings. The molecule has 1 nitrogen and oxygen atoms in total. The second kappa shape index (κ2) is 7.20. The van der Waals surface area contributed by atoms with Crippen molar-refractivity contribution in [1.29, 1.82) is 0 Å². The van der Waals surface area contributed by atoms with Gasteiger partial charge >= 0.3 is 0 Å². The second-order valence-corrected chi connectivity index (χ2v) is 6.71. The number of thioether (sulfide) groups is 1. The van der Waals surface area contributed by atoms with Crippen LogP contribution in [0.1, 0.15) is 43.2 Å². The zero-order chi connectivity index (χ0) is 12.8. The summed E-state index contributed by atoms with van der Waals surface area (Å²) in [6, 6.07) is 8.37. The maximum atomic E-state index is 10.1. The molecule has 2 rings (SSSR count). The first-order valence-corrected chi connectivity index (χ1v) is 8.15. The molecule has 18 heavy (non-hydrogen) atoms. The lowest BCUT2D eigenvalue weighted by Crippen LogP contribution is -2.18. The van der Waals surface area contributed by atoms with Crippen molar-refractivity contribution < 1.29 is 5.11 Å². The summed E-state index contributed by atoms with van der Waals surface area (Å²) in [5.41, 5.74) is 2.58. The summed E-state index contributed by atoms with van der Waals surface area (Å²) in [5, 5.41) is 10.9. The van der Waals surface area contributed by atoms with Crippen LogP contribution in [0.3, 0.4) is 0 Å². The van der Waals surface area contributed by atoms with Crippen molar-refractivity contribution in [2.45, 2.75) is 56.8 Å². The van der Waals surface area contributed by atoms with E-state index in [9.17, 15) is 5.11 Å². The molecule has 1 aromatic rings. The van der Waals surface area contributed by atoms with E-state index in [-0.39, 0.29) is 6.10 Å². The van der Waals surface area contributed by atoms with Gasteiger partial charge in [0.05, 0.1) is 6.10 Å². The Kier molecular flexibility index (Phi) is 5.58. The first-order chi connectivity index (χ1) is 8.75. The van der Waals surface area contributed by atoms with Crippen LogP contribution in [-0.2, 0) is 6.42 Å². The topological polar surface area (TPSA) is 20.2 Å². The minimum atomic E-state index is -0.196. The molecule has 2 heteroatoms. The zero-order valence-electron chi connectivity index (χ0n) is 11.3. The highest BCUT2D eigenvalue weighted by molar-refractivity contribution is 7.99. The third kappa shape index (κ3) is 4.33. The van der Waals surface area contributed by atoms with Crippen molar-refractivity contribution >= 4 is 11.8 Å². The van der Waals surface area contributed by atoms with E-state index in [1.165, 1.54) is 43.2 Å². The number of hydrogen-bond donors (Lipinski definition) is 1. The monoisotopic (exact) mass is 264 g/mol. The van der Waals surface area contributed by atoms with Crippen LogP contribution in [0.5, 0.6) is 0 Å². The lowest BCUT2D eigenvalue weighted by Gasteiger charge is -2.22. The Hall–Kier alpha value is -0.470. The van der Waals surface area contributed by atoms with Crippen LogP contribution in [0.4, 0.5) is 0 Å². The van der Waals surface area contributed by atoms with E-state index in [4.69, 9.17) is 0 Å².